The first kappa shape index (κ1) is 26.2. The number of nitrogens with one attached hydrogen (secondary N) is 1. The number of carbonyl (C=O) groups is 1. The first-order valence-corrected chi connectivity index (χ1v) is 13.7. The number of rotatable bonds is 4. The number of nitrogen functional groups attached to an aromatic ring is 1. The molecule has 0 saturated carbocycles. The smallest absolute Gasteiger partial charge is 0.318 e. The van der Waals surface area contributed by atoms with Crippen molar-refractivity contribution in [3.63, 3.8) is 0 Å². The van der Waals surface area contributed by atoms with Crippen LogP contribution in [0.15, 0.2) is 12.1 Å². The number of nitrogens with zero attached hydrogens (tertiary/aromatic N) is 6. The zero-order valence-corrected chi connectivity index (χ0v) is 23.2. The molecule has 0 saturated heterocycles. The molecule has 2 aliphatic heterocycles. The average molecular weight is 583 g/mol. The normalized spacial score (nSPS) is 16.7. The topological polar surface area (TPSA) is 144 Å². The highest BCUT2D eigenvalue weighted by Crippen LogP contribution is 2.43. The lowest BCUT2D eigenvalue weighted by atomic mass is 9.95. The molecule has 0 bridgehead atoms. The van der Waals surface area contributed by atoms with Crippen molar-refractivity contribution in [2.24, 2.45) is 0 Å². The quantitative estimate of drug-likeness (QED) is 0.368. The highest BCUT2D eigenvalue weighted by Gasteiger charge is 2.32. The number of anilines is 2. The minimum Gasteiger partial charge on any atom is -0.467 e. The molecule has 0 radical (unpaired) electrons. The van der Waals surface area contributed by atoms with E-state index in [0.29, 0.717) is 58.2 Å². The number of aryl methyl sites for hydroxylation is 1. The monoisotopic (exact) mass is 582 g/mol. The number of ether oxygens (including phenoxy) is 2. The van der Waals surface area contributed by atoms with Crippen molar-refractivity contribution in [1.29, 1.82) is 5.26 Å². The number of amides is 1. The summed E-state index contributed by atoms with van der Waals surface area (Å²) in [6, 6.07) is 5.33. The predicted molar refractivity (Wildman–Crippen MR) is 147 cm³/mol. The van der Waals surface area contributed by atoms with Gasteiger partial charge in [-0.1, -0.05) is 17.7 Å². The maximum atomic E-state index is 14.6. The zero-order valence-electron chi connectivity index (χ0n) is 21.6. The van der Waals surface area contributed by atoms with Crippen molar-refractivity contribution in [1.82, 2.24) is 25.1 Å². The van der Waals surface area contributed by atoms with Crippen LogP contribution in [-0.2, 0) is 30.9 Å². The summed E-state index contributed by atoms with van der Waals surface area (Å²) in [6.45, 7) is 1.81. The number of methoxy groups -OCH3 is 1. The number of hydrogen-bond donors (Lipinski definition) is 2. The molecule has 3 N–H and O–H groups in total. The predicted octanol–water partition coefficient (Wildman–Crippen LogP) is 3.73. The van der Waals surface area contributed by atoms with Gasteiger partial charge in [-0.05, 0) is 18.1 Å². The number of halogens is 2. The summed E-state index contributed by atoms with van der Waals surface area (Å²) in [4.78, 5) is 23.6. The molecule has 0 spiro atoms. The summed E-state index contributed by atoms with van der Waals surface area (Å²) in [6.07, 6.45) is 0.613. The van der Waals surface area contributed by atoms with E-state index < -0.39 is 11.9 Å². The summed E-state index contributed by atoms with van der Waals surface area (Å²) in [7, 11) is 3.04. The number of fused-ring (bicyclic) bond motifs is 3. The van der Waals surface area contributed by atoms with Crippen LogP contribution in [0.3, 0.4) is 0 Å². The number of hydrogen-bond acceptors (Lipinski definition) is 10. The van der Waals surface area contributed by atoms with Crippen LogP contribution in [0.1, 0.15) is 51.1 Å². The third kappa shape index (κ3) is 4.19. The highest BCUT2D eigenvalue weighted by molar-refractivity contribution is 7.23. The summed E-state index contributed by atoms with van der Waals surface area (Å²) < 4.78 is 28.5. The molecular formula is C26H24ClFN8O3S. The van der Waals surface area contributed by atoms with E-state index in [-0.39, 0.29) is 34.8 Å². The number of carbonyl (C=O) groups excluding carboxylic acids is 1. The molecule has 6 rings (SSSR count). The second-order valence-corrected chi connectivity index (χ2v) is 10.9. The Labute approximate surface area is 237 Å². The van der Waals surface area contributed by atoms with Crippen molar-refractivity contribution in [3.05, 3.63) is 56.7 Å². The summed E-state index contributed by atoms with van der Waals surface area (Å²) in [5.41, 5.74) is 9.40. The van der Waals surface area contributed by atoms with Crippen LogP contribution < -0.4 is 20.7 Å². The first-order chi connectivity index (χ1) is 19.3. The van der Waals surface area contributed by atoms with E-state index in [2.05, 4.69) is 31.4 Å². The number of aromatic nitrogens is 4. The van der Waals surface area contributed by atoms with Crippen molar-refractivity contribution in [2.45, 2.75) is 38.6 Å². The summed E-state index contributed by atoms with van der Waals surface area (Å²) in [5, 5.41) is 17.8. The fourth-order valence-corrected chi connectivity index (χ4v) is 6.54. The number of benzene rings is 1. The maximum Gasteiger partial charge on any atom is 0.318 e. The Kier molecular flexibility index (Phi) is 6.69. The van der Waals surface area contributed by atoms with E-state index in [0.717, 1.165) is 29.0 Å². The van der Waals surface area contributed by atoms with E-state index in [4.69, 9.17) is 26.8 Å². The Hall–Kier alpha value is -3.99. The highest BCUT2D eigenvalue weighted by atomic mass is 35.5. The molecule has 14 heteroatoms. The van der Waals surface area contributed by atoms with E-state index in [1.54, 1.807) is 10.7 Å². The van der Waals surface area contributed by atoms with Crippen molar-refractivity contribution in [3.8, 4) is 12.1 Å². The average Bonchev–Trinajstić information content (AvgIpc) is 3.37. The van der Waals surface area contributed by atoms with Gasteiger partial charge in [0, 0.05) is 37.5 Å². The van der Waals surface area contributed by atoms with Crippen molar-refractivity contribution < 1.29 is 18.7 Å². The Morgan fingerprint density at radius 2 is 2.20 bits per heavy atom. The zero-order chi connectivity index (χ0) is 28.1. The Bertz CT molecular complexity index is 1710. The van der Waals surface area contributed by atoms with Crippen LogP contribution in [0, 0.1) is 17.1 Å². The van der Waals surface area contributed by atoms with Crippen LogP contribution in [0.2, 0.25) is 5.02 Å². The van der Waals surface area contributed by atoms with Crippen molar-refractivity contribution >= 4 is 49.7 Å². The molecule has 0 aliphatic carbocycles. The molecule has 5 heterocycles. The summed E-state index contributed by atoms with van der Waals surface area (Å²) in [5.74, 6) is -0.133. The third-order valence-electron chi connectivity index (χ3n) is 7.22. The Morgan fingerprint density at radius 1 is 1.38 bits per heavy atom. The fourth-order valence-electron chi connectivity index (χ4n) is 5.30. The second-order valence-electron chi connectivity index (χ2n) is 9.44. The molecular weight excluding hydrogens is 559 g/mol. The maximum absolute atomic E-state index is 14.6. The summed E-state index contributed by atoms with van der Waals surface area (Å²) >= 11 is 7.66. The first-order valence-electron chi connectivity index (χ1n) is 12.5. The molecule has 0 fully saturated rings. The largest absolute Gasteiger partial charge is 0.467 e. The van der Waals surface area contributed by atoms with Gasteiger partial charge >= 0.3 is 6.01 Å². The Morgan fingerprint density at radius 3 is 2.95 bits per heavy atom. The number of nitriles is 1. The van der Waals surface area contributed by atoms with Gasteiger partial charge in [0.1, 0.15) is 22.7 Å². The van der Waals surface area contributed by atoms with E-state index >= 15 is 0 Å². The van der Waals surface area contributed by atoms with Crippen LogP contribution in [0.5, 0.6) is 6.01 Å². The lowest BCUT2D eigenvalue weighted by molar-refractivity contribution is 0.0266. The molecule has 11 nitrogen and oxygen atoms in total. The van der Waals surface area contributed by atoms with Crippen LogP contribution in [0.25, 0.3) is 10.1 Å². The lowest BCUT2D eigenvalue weighted by Crippen LogP contribution is -2.28. The minimum atomic E-state index is -0.487. The van der Waals surface area contributed by atoms with Gasteiger partial charge in [-0.2, -0.15) is 20.3 Å². The van der Waals surface area contributed by atoms with Crippen LogP contribution in [-0.4, -0.2) is 46.4 Å². The molecule has 3 aromatic heterocycles. The fraction of sp³-hybridized carbons (Fsp3) is 0.346. The van der Waals surface area contributed by atoms with Gasteiger partial charge in [-0.25, -0.2) is 4.39 Å². The third-order valence-corrected chi connectivity index (χ3v) is 8.65. The van der Waals surface area contributed by atoms with Gasteiger partial charge < -0.3 is 25.4 Å². The molecule has 40 heavy (non-hydrogen) atoms. The van der Waals surface area contributed by atoms with Crippen LogP contribution >= 0.6 is 22.9 Å². The van der Waals surface area contributed by atoms with E-state index in [9.17, 15) is 14.4 Å². The number of thiophene rings is 1. The molecule has 1 unspecified atom stereocenters. The Balaban J connectivity index is 1.39. The lowest BCUT2D eigenvalue weighted by Gasteiger charge is -2.30. The molecule has 1 atom stereocenters. The second kappa shape index (κ2) is 10.2. The minimum absolute atomic E-state index is 0.186. The van der Waals surface area contributed by atoms with Gasteiger partial charge in [0.15, 0.2) is 5.69 Å². The van der Waals surface area contributed by atoms with E-state index in [1.807, 2.05) is 0 Å². The standard InChI is InChI=1S/C26H24ClFN8O3S/c1-31-25(37)21-20(27)17-10-35(6-3-7-36(17)34-21)24-14-11-39-18(8-16(14)32-26(33-24)38-2)12-4-5-15(28)22-19(12)13(9-29)23(30)40-22/h4-5,18H,3,6-8,10-11,30H2,1-2H3,(H,31,37). The van der Waals surface area contributed by atoms with Gasteiger partial charge in [0.2, 0.25) is 0 Å². The molecule has 4 aromatic rings. The van der Waals surface area contributed by atoms with Crippen molar-refractivity contribution in [2.75, 3.05) is 31.3 Å². The molecule has 206 valence electrons. The van der Waals surface area contributed by atoms with Gasteiger partial charge in [0.05, 0.1) is 53.0 Å². The molecule has 1 amide bonds. The number of nitrogens with two attached hydrogens (primary N) is 1. The molecule has 1 aromatic carbocycles. The SMILES string of the molecule is CNC(=O)c1nn2c(c1Cl)CN(c1nc(OC)nc3c1COC(c1ccc(F)c4sc(N)c(C#N)c14)C3)CCC2. The van der Waals surface area contributed by atoms with Gasteiger partial charge in [-0.3, -0.25) is 9.48 Å². The molecule has 2 aliphatic rings. The van der Waals surface area contributed by atoms with Gasteiger partial charge in [0.25, 0.3) is 5.91 Å². The van der Waals surface area contributed by atoms with E-state index in [1.165, 1.54) is 20.2 Å². The van der Waals surface area contributed by atoms with Gasteiger partial charge in [-0.15, -0.1) is 11.3 Å². The van der Waals surface area contributed by atoms with Crippen LogP contribution in [0.4, 0.5) is 15.2 Å².